The Labute approximate surface area is 126 Å². The monoisotopic (exact) mass is 305 g/mol. The summed E-state index contributed by atoms with van der Waals surface area (Å²) in [5.74, 6) is 0.190. The van der Waals surface area contributed by atoms with E-state index in [9.17, 15) is 9.90 Å². The minimum absolute atomic E-state index is 0.154. The lowest BCUT2D eigenvalue weighted by molar-refractivity contribution is -0.138. The van der Waals surface area contributed by atoms with Crippen LogP contribution in [0.4, 0.5) is 5.69 Å². The molecule has 1 aliphatic rings. The van der Waals surface area contributed by atoms with E-state index in [1.807, 2.05) is 0 Å². The zero-order valence-electron chi connectivity index (χ0n) is 10.9. The second-order valence-corrected chi connectivity index (χ2v) is 4.97. The number of rotatable bonds is 4. The molecule has 0 saturated carbocycles. The lowest BCUT2D eigenvalue weighted by Crippen LogP contribution is -2.20. The Kier molecular flexibility index (Phi) is 3.58. The highest BCUT2D eigenvalue weighted by atomic mass is 35.5. The third-order valence-electron chi connectivity index (χ3n) is 3.13. The molecule has 0 aromatic heterocycles. The van der Waals surface area contributed by atoms with Crippen LogP contribution in [-0.2, 0) is 4.79 Å². The maximum absolute atomic E-state index is 11.5. The number of aliphatic carboxylic acids is 1. The van der Waals surface area contributed by atoms with Crippen LogP contribution in [0.2, 0.25) is 5.02 Å². The average molecular weight is 306 g/mol. The summed E-state index contributed by atoms with van der Waals surface area (Å²) in [5, 5.41) is 13.0. The van der Waals surface area contributed by atoms with Gasteiger partial charge in [0, 0.05) is 10.7 Å². The van der Waals surface area contributed by atoms with E-state index < -0.39 is 12.0 Å². The van der Waals surface area contributed by atoms with Gasteiger partial charge in [-0.15, -0.1) is 0 Å². The van der Waals surface area contributed by atoms with E-state index in [-0.39, 0.29) is 6.79 Å². The van der Waals surface area contributed by atoms with E-state index in [0.29, 0.717) is 27.8 Å². The molecule has 0 aliphatic carbocycles. The standard InChI is InChI=1S/C15H12ClNO4/c16-10-2-4-11(5-3-10)17-14(15(18)19)9-1-6-12-13(7-9)21-8-20-12/h1-7,14,17H,8H2,(H,18,19). The van der Waals surface area contributed by atoms with E-state index in [1.165, 1.54) is 0 Å². The van der Waals surface area contributed by atoms with Gasteiger partial charge in [-0.25, -0.2) is 4.79 Å². The average Bonchev–Trinajstić information content (AvgIpc) is 2.93. The molecule has 108 valence electrons. The minimum Gasteiger partial charge on any atom is -0.479 e. The maximum atomic E-state index is 11.5. The van der Waals surface area contributed by atoms with Crippen molar-refractivity contribution in [2.24, 2.45) is 0 Å². The van der Waals surface area contributed by atoms with E-state index >= 15 is 0 Å². The molecule has 5 nitrogen and oxygen atoms in total. The van der Waals surface area contributed by atoms with Gasteiger partial charge in [0.25, 0.3) is 0 Å². The molecule has 2 aromatic rings. The lowest BCUT2D eigenvalue weighted by Gasteiger charge is -2.16. The van der Waals surface area contributed by atoms with E-state index in [2.05, 4.69) is 5.32 Å². The Morgan fingerprint density at radius 1 is 1.14 bits per heavy atom. The third-order valence-corrected chi connectivity index (χ3v) is 3.38. The molecule has 1 aliphatic heterocycles. The van der Waals surface area contributed by atoms with Crippen LogP contribution in [0.3, 0.4) is 0 Å². The van der Waals surface area contributed by atoms with Gasteiger partial charge in [-0.1, -0.05) is 17.7 Å². The minimum atomic E-state index is -0.983. The van der Waals surface area contributed by atoms with Crippen LogP contribution >= 0.6 is 11.6 Å². The molecule has 21 heavy (non-hydrogen) atoms. The highest BCUT2D eigenvalue weighted by Gasteiger charge is 2.23. The fourth-order valence-corrected chi connectivity index (χ4v) is 2.22. The number of benzene rings is 2. The molecule has 2 aromatic carbocycles. The van der Waals surface area contributed by atoms with Crippen LogP contribution in [0.25, 0.3) is 0 Å². The number of anilines is 1. The number of carboxylic acids is 1. The molecule has 6 heteroatoms. The number of nitrogens with one attached hydrogen (secondary N) is 1. The second-order valence-electron chi connectivity index (χ2n) is 4.54. The molecule has 1 heterocycles. The molecule has 2 N–H and O–H groups in total. The number of hydrogen-bond donors (Lipinski definition) is 2. The molecule has 1 atom stereocenters. The number of carboxylic acid groups (broad SMARTS) is 1. The predicted octanol–water partition coefficient (Wildman–Crippen LogP) is 3.31. The van der Waals surface area contributed by atoms with Gasteiger partial charge in [0.2, 0.25) is 6.79 Å². The molecular weight excluding hydrogens is 294 g/mol. The number of fused-ring (bicyclic) bond motifs is 1. The van der Waals surface area contributed by atoms with Crippen molar-refractivity contribution in [2.45, 2.75) is 6.04 Å². The van der Waals surface area contributed by atoms with Crippen LogP contribution in [-0.4, -0.2) is 17.9 Å². The first-order valence-electron chi connectivity index (χ1n) is 6.28. The summed E-state index contributed by atoms with van der Waals surface area (Å²) in [4.78, 5) is 11.5. The summed E-state index contributed by atoms with van der Waals surface area (Å²) in [5.41, 5.74) is 1.26. The van der Waals surface area contributed by atoms with Gasteiger partial charge in [0.05, 0.1) is 0 Å². The topological polar surface area (TPSA) is 67.8 Å². The number of hydrogen-bond acceptors (Lipinski definition) is 4. The molecule has 0 fully saturated rings. The summed E-state index contributed by atoms with van der Waals surface area (Å²) in [6.45, 7) is 0.154. The summed E-state index contributed by atoms with van der Waals surface area (Å²) < 4.78 is 10.5. The Bertz CT molecular complexity index is 672. The molecule has 0 spiro atoms. The molecule has 0 bridgehead atoms. The van der Waals surface area contributed by atoms with E-state index in [4.69, 9.17) is 21.1 Å². The van der Waals surface area contributed by atoms with Crippen molar-refractivity contribution in [3.05, 3.63) is 53.1 Å². The van der Waals surface area contributed by atoms with E-state index in [1.54, 1.807) is 42.5 Å². The molecule has 0 saturated heterocycles. The molecule has 1 unspecified atom stereocenters. The van der Waals surface area contributed by atoms with Crippen LogP contribution in [0.15, 0.2) is 42.5 Å². The first-order valence-corrected chi connectivity index (χ1v) is 6.66. The quantitative estimate of drug-likeness (QED) is 0.907. The summed E-state index contributed by atoms with van der Waals surface area (Å²) in [6, 6.07) is 11.0. The lowest BCUT2D eigenvalue weighted by atomic mass is 10.1. The summed E-state index contributed by atoms with van der Waals surface area (Å²) in [7, 11) is 0. The Morgan fingerprint density at radius 2 is 1.86 bits per heavy atom. The van der Waals surface area contributed by atoms with Gasteiger partial charge in [0.1, 0.15) is 0 Å². The number of halogens is 1. The van der Waals surface area contributed by atoms with Gasteiger partial charge in [-0.3, -0.25) is 0 Å². The summed E-state index contributed by atoms with van der Waals surface area (Å²) >= 11 is 5.82. The molecule has 0 amide bonds. The van der Waals surface area contributed by atoms with Crippen molar-refractivity contribution >= 4 is 23.3 Å². The molecule has 0 radical (unpaired) electrons. The fourth-order valence-electron chi connectivity index (χ4n) is 2.09. The largest absolute Gasteiger partial charge is 0.479 e. The Hall–Kier alpha value is -2.40. The van der Waals surface area contributed by atoms with Crippen molar-refractivity contribution in [3.8, 4) is 11.5 Å². The van der Waals surface area contributed by atoms with E-state index in [0.717, 1.165) is 0 Å². The maximum Gasteiger partial charge on any atom is 0.330 e. The van der Waals surface area contributed by atoms with Crippen molar-refractivity contribution in [3.63, 3.8) is 0 Å². The predicted molar refractivity (Wildman–Crippen MR) is 78.0 cm³/mol. The number of ether oxygens (including phenoxy) is 2. The Morgan fingerprint density at radius 3 is 2.57 bits per heavy atom. The normalized spacial score (nSPS) is 13.8. The van der Waals surface area contributed by atoms with Crippen molar-refractivity contribution in [1.29, 1.82) is 0 Å². The van der Waals surface area contributed by atoms with Crippen molar-refractivity contribution < 1.29 is 19.4 Å². The number of carbonyl (C=O) groups is 1. The van der Waals surface area contributed by atoms with Crippen LogP contribution in [0, 0.1) is 0 Å². The van der Waals surface area contributed by atoms with Crippen LogP contribution < -0.4 is 14.8 Å². The van der Waals surface area contributed by atoms with Gasteiger partial charge in [-0.2, -0.15) is 0 Å². The summed E-state index contributed by atoms with van der Waals surface area (Å²) in [6.07, 6.45) is 0. The molecular formula is C15H12ClNO4. The first kappa shape index (κ1) is 13.6. The van der Waals surface area contributed by atoms with Gasteiger partial charge in [-0.05, 0) is 42.0 Å². The SMILES string of the molecule is O=C(O)C(Nc1ccc(Cl)cc1)c1ccc2c(c1)OCO2. The highest BCUT2D eigenvalue weighted by molar-refractivity contribution is 6.30. The van der Waals surface area contributed by atoms with Gasteiger partial charge >= 0.3 is 5.97 Å². The van der Waals surface area contributed by atoms with Gasteiger partial charge in [0.15, 0.2) is 17.5 Å². The first-order chi connectivity index (χ1) is 10.1. The van der Waals surface area contributed by atoms with Crippen LogP contribution in [0.5, 0.6) is 11.5 Å². The van der Waals surface area contributed by atoms with Crippen molar-refractivity contribution in [2.75, 3.05) is 12.1 Å². The second kappa shape index (κ2) is 5.54. The third kappa shape index (κ3) is 2.87. The molecule has 3 rings (SSSR count). The Balaban J connectivity index is 1.87. The smallest absolute Gasteiger partial charge is 0.330 e. The van der Waals surface area contributed by atoms with Crippen molar-refractivity contribution in [1.82, 2.24) is 0 Å². The zero-order chi connectivity index (χ0) is 14.8. The zero-order valence-corrected chi connectivity index (χ0v) is 11.6. The van der Waals surface area contributed by atoms with Crippen LogP contribution in [0.1, 0.15) is 11.6 Å². The van der Waals surface area contributed by atoms with Gasteiger partial charge < -0.3 is 19.9 Å². The highest BCUT2D eigenvalue weighted by Crippen LogP contribution is 2.35. The fraction of sp³-hybridized carbons (Fsp3) is 0.133.